The van der Waals surface area contributed by atoms with Crippen LogP contribution < -0.4 is 15.4 Å². The van der Waals surface area contributed by atoms with Crippen LogP contribution in [0.2, 0.25) is 5.02 Å². The van der Waals surface area contributed by atoms with Crippen molar-refractivity contribution in [3.8, 4) is 5.75 Å². The van der Waals surface area contributed by atoms with E-state index in [0.717, 1.165) is 24.8 Å². The molecule has 4 aliphatic rings. The Hall–Kier alpha value is -3.36. The van der Waals surface area contributed by atoms with Gasteiger partial charge in [0.15, 0.2) is 0 Å². The Labute approximate surface area is 245 Å². The molecule has 1 saturated carbocycles. The van der Waals surface area contributed by atoms with Crippen molar-refractivity contribution in [1.82, 2.24) is 10.2 Å². The van der Waals surface area contributed by atoms with Crippen LogP contribution in [0.5, 0.6) is 5.75 Å². The molecular weight excluding hydrogens is 542 g/mol. The minimum atomic E-state index is -1.24. The number of anilines is 1. The van der Waals surface area contributed by atoms with Crippen LogP contribution in [-0.4, -0.2) is 53.5 Å². The molecule has 3 amide bonds. The fraction of sp³-hybridized carbons (Fsp3) is 0.469. The van der Waals surface area contributed by atoms with Crippen molar-refractivity contribution in [2.45, 2.75) is 63.4 Å². The molecule has 3 aliphatic heterocycles. The van der Waals surface area contributed by atoms with Gasteiger partial charge in [0.1, 0.15) is 17.4 Å². The maximum Gasteiger partial charge on any atom is 0.246 e. The Bertz CT molecular complexity index is 1400. The van der Waals surface area contributed by atoms with E-state index in [1.807, 2.05) is 36.4 Å². The van der Waals surface area contributed by atoms with Gasteiger partial charge < -0.3 is 25.0 Å². The second kappa shape index (κ2) is 10.8. The topological polar surface area (TPSA) is 97.0 Å². The monoisotopic (exact) mass is 577 g/mol. The van der Waals surface area contributed by atoms with Gasteiger partial charge in [-0.1, -0.05) is 74.7 Å². The van der Waals surface area contributed by atoms with Gasteiger partial charge >= 0.3 is 0 Å². The zero-order chi connectivity index (χ0) is 28.9. The number of likely N-dealkylation sites (tertiary alicyclic amines) is 1. The van der Waals surface area contributed by atoms with Gasteiger partial charge in [0.25, 0.3) is 0 Å². The molecule has 216 valence electrons. The van der Waals surface area contributed by atoms with E-state index in [1.54, 1.807) is 36.3 Å². The van der Waals surface area contributed by atoms with Gasteiger partial charge in [0, 0.05) is 22.3 Å². The summed E-state index contributed by atoms with van der Waals surface area (Å²) in [5, 5.41) is 6.70. The minimum absolute atomic E-state index is 0.00872. The molecular formula is C32H36ClN3O5. The summed E-state index contributed by atoms with van der Waals surface area (Å²) in [6.45, 7) is 4.55. The Morgan fingerprint density at radius 1 is 1.12 bits per heavy atom. The number of ether oxygens (including phenoxy) is 2. The molecule has 8 nitrogen and oxygen atoms in total. The normalized spacial score (nSPS) is 33.5. The van der Waals surface area contributed by atoms with E-state index in [2.05, 4.69) is 24.5 Å². The zero-order valence-electron chi connectivity index (χ0n) is 23.5. The minimum Gasteiger partial charge on any atom is -0.496 e. The predicted octanol–water partition coefficient (Wildman–Crippen LogP) is 4.58. The fourth-order valence-electron chi connectivity index (χ4n) is 7.29. The van der Waals surface area contributed by atoms with Crippen molar-refractivity contribution in [3.63, 3.8) is 0 Å². The quantitative estimate of drug-likeness (QED) is 0.470. The number of rotatable bonds is 7. The second-order valence-electron chi connectivity index (χ2n) is 11.9. The maximum atomic E-state index is 14.3. The molecule has 1 spiro atoms. The van der Waals surface area contributed by atoms with Crippen LogP contribution >= 0.6 is 11.6 Å². The summed E-state index contributed by atoms with van der Waals surface area (Å²) in [5.41, 5.74) is 0.0678. The summed E-state index contributed by atoms with van der Waals surface area (Å²) >= 11 is 6.13. The molecule has 2 aromatic carbocycles. The zero-order valence-corrected chi connectivity index (χ0v) is 24.3. The van der Waals surface area contributed by atoms with E-state index in [-0.39, 0.29) is 30.3 Å². The maximum absolute atomic E-state index is 14.3. The lowest BCUT2D eigenvalue weighted by molar-refractivity contribution is -0.142. The van der Waals surface area contributed by atoms with Crippen LogP contribution in [0, 0.1) is 23.7 Å². The molecule has 3 fully saturated rings. The lowest BCUT2D eigenvalue weighted by Gasteiger charge is -2.38. The van der Waals surface area contributed by atoms with Gasteiger partial charge in [-0.15, -0.1) is 0 Å². The average Bonchev–Trinajstić information content (AvgIpc) is 3.59. The predicted molar refractivity (Wildman–Crippen MR) is 155 cm³/mol. The SMILES string of the molecule is COc1ccccc1CN1C(=O)[C@H]2[C@H](C(=O)Nc3cccc(Cl)c3)[C@H]3C=C[C@@]2(O3)[C@@H]1C(=O)N[C@@H]1CCC[C@@H](C)[C@H]1C. The average molecular weight is 578 g/mol. The van der Waals surface area contributed by atoms with E-state index < -0.39 is 29.6 Å². The first-order valence-electron chi connectivity index (χ1n) is 14.4. The van der Waals surface area contributed by atoms with Crippen LogP contribution in [0.25, 0.3) is 0 Å². The third-order valence-corrected chi connectivity index (χ3v) is 9.82. The molecule has 8 atom stereocenters. The van der Waals surface area contributed by atoms with Crippen molar-refractivity contribution in [1.29, 1.82) is 0 Å². The number of hydrogen-bond donors (Lipinski definition) is 2. The highest BCUT2D eigenvalue weighted by Gasteiger charge is 2.72. The number of fused-ring (bicyclic) bond motifs is 1. The molecule has 2 aromatic rings. The summed E-state index contributed by atoms with van der Waals surface area (Å²) in [6, 6.07) is 13.4. The van der Waals surface area contributed by atoms with Crippen molar-refractivity contribution < 1.29 is 23.9 Å². The molecule has 1 aliphatic carbocycles. The molecule has 0 aromatic heterocycles. The number of carbonyl (C=O) groups excluding carboxylic acids is 3. The van der Waals surface area contributed by atoms with Crippen LogP contribution in [-0.2, 0) is 25.7 Å². The van der Waals surface area contributed by atoms with E-state index in [1.165, 1.54) is 0 Å². The summed E-state index contributed by atoms with van der Waals surface area (Å²) in [6.07, 6.45) is 6.12. The van der Waals surface area contributed by atoms with Crippen LogP contribution in [0.4, 0.5) is 5.69 Å². The van der Waals surface area contributed by atoms with Crippen molar-refractivity contribution >= 4 is 35.0 Å². The van der Waals surface area contributed by atoms with Crippen LogP contribution in [0.3, 0.4) is 0 Å². The summed E-state index contributed by atoms with van der Waals surface area (Å²) in [7, 11) is 1.58. The number of amides is 3. The largest absolute Gasteiger partial charge is 0.496 e. The number of para-hydroxylation sites is 1. The molecule has 9 heteroatoms. The van der Waals surface area contributed by atoms with Crippen LogP contribution in [0.1, 0.15) is 38.7 Å². The number of nitrogens with zero attached hydrogens (tertiary/aromatic N) is 1. The number of carbonyl (C=O) groups is 3. The third-order valence-electron chi connectivity index (χ3n) is 9.58. The smallest absolute Gasteiger partial charge is 0.246 e. The molecule has 2 N–H and O–H groups in total. The first-order valence-corrected chi connectivity index (χ1v) is 14.8. The molecule has 2 bridgehead atoms. The van der Waals surface area contributed by atoms with Gasteiger partial charge in [0.2, 0.25) is 17.7 Å². The molecule has 3 heterocycles. The van der Waals surface area contributed by atoms with E-state index in [4.69, 9.17) is 21.1 Å². The molecule has 0 unspecified atom stereocenters. The lowest BCUT2D eigenvalue weighted by Crippen LogP contribution is -2.57. The van der Waals surface area contributed by atoms with E-state index >= 15 is 0 Å². The standard InChI is InChI=1S/C32H36ClN3O5/c1-18-8-6-12-23(19(18)2)35-30(38)28-32-15-14-25(41-32)26(29(37)34-22-11-7-10-21(33)16-22)27(32)31(39)36(28)17-20-9-4-5-13-24(20)40-3/h4-5,7,9-11,13-16,18-19,23,25-28H,6,8,12,17H2,1-3H3,(H,34,37)(H,35,38)/t18-,19-,23-,25-,26-,27-,28+,32+/m1/s1. The van der Waals surface area contributed by atoms with Gasteiger partial charge in [-0.25, -0.2) is 0 Å². The number of halogens is 1. The Morgan fingerprint density at radius 2 is 1.93 bits per heavy atom. The van der Waals surface area contributed by atoms with Crippen molar-refractivity contribution in [3.05, 3.63) is 71.3 Å². The van der Waals surface area contributed by atoms with Crippen molar-refractivity contribution in [2.24, 2.45) is 23.7 Å². The highest BCUT2D eigenvalue weighted by Crippen LogP contribution is 2.55. The highest BCUT2D eigenvalue weighted by atomic mass is 35.5. The number of benzene rings is 2. The Kier molecular flexibility index (Phi) is 7.32. The number of hydrogen-bond acceptors (Lipinski definition) is 5. The Balaban J connectivity index is 1.35. The lowest BCUT2D eigenvalue weighted by atomic mass is 9.73. The molecule has 2 saturated heterocycles. The van der Waals surface area contributed by atoms with E-state index in [9.17, 15) is 14.4 Å². The highest BCUT2D eigenvalue weighted by molar-refractivity contribution is 6.30. The summed E-state index contributed by atoms with van der Waals surface area (Å²) < 4.78 is 12.1. The van der Waals surface area contributed by atoms with Gasteiger partial charge in [-0.2, -0.15) is 0 Å². The fourth-order valence-corrected chi connectivity index (χ4v) is 7.48. The number of nitrogens with one attached hydrogen (secondary N) is 2. The summed E-state index contributed by atoms with van der Waals surface area (Å²) in [4.78, 5) is 43.8. The summed E-state index contributed by atoms with van der Waals surface area (Å²) in [5.74, 6) is -1.07. The third kappa shape index (κ3) is 4.71. The van der Waals surface area contributed by atoms with Gasteiger partial charge in [-0.3, -0.25) is 14.4 Å². The first kappa shape index (κ1) is 27.8. The second-order valence-corrected chi connectivity index (χ2v) is 12.3. The Morgan fingerprint density at radius 3 is 2.71 bits per heavy atom. The molecule has 41 heavy (non-hydrogen) atoms. The molecule has 0 radical (unpaired) electrons. The van der Waals surface area contributed by atoms with Gasteiger partial charge in [-0.05, 0) is 42.5 Å². The number of methoxy groups -OCH3 is 1. The molecule has 6 rings (SSSR count). The van der Waals surface area contributed by atoms with Crippen molar-refractivity contribution in [2.75, 3.05) is 12.4 Å². The van der Waals surface area contributed by atoms with Gasteiger partial charge in [0.05, 0.1) is 31.6 Å². The first-order chi connectivity index (χ1) is 19.7. The van der Waals surface area contributed by atoms with Crippen LogP contribution in [0.15, 0.2) is 60.7 Å². The van der Waals surface area contributed by atoms with E-state index in [0.29, 0.717) is 28.3 Å².